The van der Waals surface area contributed by atoms with Gasteiger partial charge in [0.25, 0.3) is 0 Å². The molecule has 1 aromatic heterocycles. The molecule has 0 radical (unpaired) electrons. The van der Waals surface area contributed by atoms with Gasteiger partial charge in [0.2, 0.25) is 5.91 Å². The average Bonchev–Trinajstić information content (AvgIpc) is 2.58. The number of likely N-dealkylation sites (N-methyl/N-ethyl adjacent to an activating group) is 1. The molecule has 0 fully saturated rings. The summed E-state index contributed by atoms with van der Waals surface area (Å²) in [7, 11) is 1.76. The third-order valence-corrected chi connectivity index (χ3v) is 3.80. The Morgan fingerprint density at radius 2 is 2.04 bits per heavy atom. The van der Waals surface area contributed by atoms with Gasteiger partial charge in [0, 0.05) is 19.8 Å². The third-order valence-electron chi connectivity index (χ3n) is 3.80. The average molecular weight is 319 g/mol. The van der Waals surface area contributed by atoms with Gasteiger partial charge in [-0.15, -0.1) is 0 Å². The fraction of sp³-hybridized carbons (Fsp3) is 0.588. The minimum atomic E-state index is -0.586. The van der Waals surface area contributed by atoms with Crippen LogP contribution in [0.4, 0.5) is 10.5 Å². The second kappa shape index (κ2) is 5.83. The minimum Gasteiger partial charge on any atom is -0.444 e. The number of pyridine rings is 1. The largest absolute Gasteiger partial charge is 0.444 e. The normalized spacial score (nSPS) is 16.3. The van der Waals surface area contributed by atoms with E-state index in [1.54, 1.807) is 18.1 Å². The highest BCUT2D eigenvalue weighted by Crippen LogP contribution is 2.39. The minimum absolute atomic E-state index is 0.0454. The maximum Gasteiger partial charge on any atom is 0.407 e. The Bertz CT molecular complexity index is 632. The van der Waals surface area contributed by atoms with Crippen molar-refractivity contribution in [3.63, 3.8) is 0 Å². The van der Waals surface area contributed by atoms with E-state index in [0.29, 0.717) is 13.0 Å². The highest BCUT2D eigenvalue weighted by atomic mass is 16.6. The van der Waals surface area contributed by atoms with Crippen LogP contribution >= 0.6 is 0 Å². The van der Waals surface area contributed by atoms with E-state index in [9.17, 15) is 9.59 Å². The summed E-state index contributed by atoms with van der Waals surface area (Å²) >= 11 is 0. The SMILES string of the molecule is CN1C(=O)C(C)(C)c2ncc(CCNC(=O)OC(C)(C)C)cc21. The number of nitrogens with zero attached hydrogens (tertiary/aromatic N) is 2. The molecule has 6 heteroatoms. The van der Waals surface area contributed by atoms with Crippen LogP contribution in [-0.2, 0) is 21.4 Å². The smallest absolute Gasteiger partial charge is 0.407 e. The van der Waals surface area contributed by atoms with Crippen molar-refractivity contribution >= 4 is 17.7 Å². The highest BCUT2D eigenvalue weighted by Gasteiger charge is 2.43. The molecule has 0 bridgehead atoms. The molecule has 0 aromatic carbocycles. The molecule has 6 nitrogen and oxygen atoms in total. The van der Waals surface area contributed by atoms with Crippen molar-refractivity contribution < 1.29 is 14.3 Å². The van der Waals surface area contributed by atoms with Crippen LogP contribution < -0.4 is 10.2 Å². The maximum absolute atomic E-state index is 12.2. The molecule has 126 valence electrons. The molecular weight excluding hydrogens is 294 g/mol. The lowest BCUT2D eigenvalue weighted by Crippen LogP contribution is -2.33. The van der Waals surface area contributed by atoms with Crippen LogP contribution in [0.1, 0.15) is 45.9 Å². The van der Waals surface area contributed by atoms with E-state index < -0.39 is 17.1 Å². The first-order chi connectivity index (χ1) is 10.5. The first kappa shape index (κ1) is 17.2. The zero-order chi connectivity index (χ0) is 17.4. The van der Waals surface area contributed by atoms with Gasteiger partial charge in [-0.1, -0.05) is 0 Å². The van der Waals surface area contributed by atoms with E-state index in [0.717, 1.165) is 16.9 Å². The van der Waals surface area contributed by atoms with E-state index >= 15 is 0 Å². The van der Waals surface area contributed by atoms with E-state index in [1.165, 1.54) is 0 Å². The number of aromatic nitrogens is 1. The summed E-state index contributed by atoms with van der Waals surface area (Å²) in [5.74, 6) is 0.0454. The van der Waals surface area contributed by atoms with E-state index in [2.05, 4.69) is 10.3 Å². The number of anilines is 1. The van der Waals surface area contributed by atoms with Gasteiger partial charge < -0.3 is 15.0 Å². The van der Waals surface area contributed by atoms with Crippen molar-refractivity contribution in [2.75, 3.05) is 18.5 Å². The predicted molar refractivity (Wildman–Crippen MR) is 88.6 cm³/mol. The zero-order valence-corrected chi connectivity index (χ0v) is 14.7. The number of ether oxygens (including phenoxy) is 1. The van der Waals surface area contributed by atoms with Crippen LogP contribution in [0, 0.1) is 0 Å². The molecule has 2 heterocycles. The summed E-state index contributed by atoms with van der Waals surface area (Å²) in [6, 6.07) is 1.96. The fourth-order valence-electron chi connectivity index (χ4n) is 2.62. The Morgan fingerprint density at radius 3 is 2.65 bits per heavy atom. The number of carbonyl (C=O) groups excluding carboxylic acids is 2. The Morgan fingerprint density at radius 1 is 1.39 bits per heavy atom. The van der Waals surface area contributed by atoms with Crippen LogP contribution in [0.15, 0.2) is 12.3 Å². The first-order valence-corrected chi connectivity index (χ1v) is 7.77. The van der Waals surface area contributed by atoms with E-state index in [-0.39, 0.29) is 5.91 Å². The molecule has 0 unspecified atom stereocenters. The van der Waals surface area contributed by atoms with Crippen molar-refractivity contribution in [3.8, 4) is 0 Å². The number of hydrogen-bond donors (Lipinski definition) is 1. The number of fused-ring (bicyclic) bond motifs is 1. The van der Waals surface area contributed by atoms with E-state index in [1.807, 2.05) is 40.7 Å². The predicted octanol–water partition coefficient (Wildman–Crippen LogP) is 2.40. The lowest BCUT2D eigenvalue weighted by Gasteiger charge is -2.19. The molecule has 0 aliphatic carbocycles. The molecular formula is C17H25N3O3. The summed E-state index contributed by atoms with van der Waals surface area (Å²) in [6.07, 6.45) is 1.96. The number of rotatable bonds is 3. The van der Waals surface area contributed by atoms with Gasteiger partial charge in [0.1, 0.15) is 5.60 Å². The van der Waals surface area contributed by atoms with Gasteiger partial charge in [0.05, 0.1) is 16.8 Å². The van der Waals surface area contributed by atoms with Gasteiger partial charge in [-0.25, -0.2) is 4.79 Å². The Hall–Kier alpha value is -2.11. The second-order valence-electron chi connectivity index (χ2n) is 7.38. The Labute approximate surface area is 137 Å². The zero-order valence-electron chi connectivity index (χ0n) is 14.7. The molecule has 2 rings (SSSR count). The lowest BCUT2D eigenvalue weighted by atomic mass is 9.90. The van der Waals surface area contributed by atoms with Gasteiger partial charge >= 0.3 is 6.09 Å². The van der Waals surface area contributed by atoms with Gasteiger partial charge in [-0.3, -0.25) is 9.78 Å². The van der Waals surface area contributed by atoms with Crippen molar-refractivity contribution in [2.45, 2.75) is 52.1 Å². The van der Waals surface area contributed by atoms with Crippen LogP contribution in [0.3, 0.4) is 0 Å². The van der Waals surface area contributed by atoms with Crippen molar-refractivity contribution in [1.82, 2.24) is 10.3 Å². The second-order valence-corrected chi connectivity index (χ2v) is 7.38. The van der Waals surface area contributed by atoms with Crippen molar-refractivity contribution in [1.29, 1.82) is 0 Å². The fourth-order valence-corrected chi connectivity index (χ4v) is 2.62. The molecule has 2 amide bonds. The maximum atomic E-state index is 12.2. The van der Waals surface area contributed by atoms with Crippen molar-refractivity contribution in [2.24, 2.45) is 0 Å². The molecule has 1 aromatic rings. The van der Waals surface area contributed by atoms with Crippen LogP contribution in [0.25, 0.3) is 0 Å². The Balaban J connectivity index is 2.00. The first-order valence-electron chi connectivity index (χ1n) is 7.77. The molecule has 1 aliphatic rings. The van der Waals surface area contributed by atoms with Crippen LogP contribution in [-0.4, -0.2) is 36.2 Å². The molecule has 0 saturated carbocycles. The van der Waals surface area contributed by atoms with E-state index in [4.69, 9.17) is 4.74 Å². The summed E-state index contributed by atoms with van der Waals surface area (Å²) < 4.78 is 5.19. The molecule has 1 N–H and O–H groups in total. The summed E-state index contributed by atoms with van der Waals surface area (Å²) in [5, 5.41) is 2.72. The number of nitrogens with one attached hydrogen (secondary N) is 1. The summed E-state index contributed by atoms with van der Waals surface area (Å²) in [4.78, 5) is 30.0. The highest BCUT2D eigenvalue weighted by molar-refractivity contribution is 6.06. The monoisotopic (exact) mass is 319 g/mol. The summed E-state index contributed by atoms with van der Waals surface area (Å²) in [5.41, 5.74) is 1.52. The van der Waals surface area contributed by atoms with Crippen LogP contribution in [0.2, 0.25) is 0 Å². The van der Waals surface area contributed by atoms with Crippen LogP contribution in [0.5, 0.6) is 0 Å². The number of carbonyl (C=O) groups is 2. The quantitative estimate of drug-likeness (QED) is 0.928. The van der Waals surface area contributed by atoms with Gasteiger partial charge in [-0.2, -0.15) is 0 Å². The lowest BCUT2D eigenvalue weighted by molar-refractivity contribution is -0.121. The molecule has 1 aliphatic heterocycles. The summed E-state index contributed by atoms with van der Waals surface area (Å²) in [6.45, 7) is 9.70. The molecule has 0 spiro atoms. The topological polar surface area (TPSA) is 71.5 Å². The number of hydrogen-bond acceptors (Lipinski definition) is 4. The number of amides is 2. The third kappa shape index (κ3) is 3.63. The number of alkyl carbamates (subject to hydrolysis) is 1. The molecule has 0 saturated heterocycles. The van der Waals surface area contributed by atoms with Gasteiger partial charge in [0.15, 0.2) is 0 Å². The van der Waals surface area contributed by atoms with Crippen molar-refractivity contribution in [3.05, 3.63) is 23.5 Å². The molecule has 23 heavy (non-hydrogen) atoms. The standard InChI is InChI=1S/C17H25N3O3/c1-16(2,3)23-15(22)18-8-7-11-9-12-13(19-10-11)17(4,5)14(21)20(12)6/h9-10H,7-8H2,1-6H3,(H,18,22). The molecule has 0 atom stereocenters. The Kier molecular flexibility index (Phi) is 4.37. The van der Waals surface area contributed by atoms with Gasteiger partial charge in [-0.05, 0) is 52.7 Å².